The highest BCUT2D eigenvalue weighted by Gasteiger charge is 2.23. The van der Waals surface area contributed by atoms with Gasteiger partial charge in [0.25, 0.3) is 0 Å². The van der Waals surface area contributed by atoms with E-state index in [9.17, 15) is 4.79 Å². The zero-order valence-corrected chi connectivity index (χ0v) is 13.5. The van der Waals surface area contributed by atoms with E-state index in [1.54, 1.807) is 6.20 Å². The predicted molar refractivity (Wildman–Crippen MR) is 86.2 cm³/mol. The number of rotatable bonds is 4. The summed E-state index contributed by atoms with van der Waals surface area (Å²) >= 11 is 0. The predicted octanol–water partition coefficient (Wildman–Crippen LogP) is 1.52. The van der Waals surface area contributed by atoms with E-state index in [0.29, 0.717) is 24.7 Å². The quantitative estimate of drug-likeness (QED) is 0.806. The Kier molecular flexibility index (Phi) is 4.32. The van der Waals surface area contributed by atoms with E-state index in [2.05, 4.69) is 25.6 Å². The maximum Gasteiger partial charge on any atom is 0.347 e. The molecule has 0 radical (unpaired) electrons. The molecule has 0 saturated heterocycles. The largest absolute Gasteiger partial charge is 0.480 e. The monoisotopic (exact) mass is 331 g/mol. The molecule has 0 unspecified atom stereocenters. The molecule has 0 saturated carbocycles. The van der Waals surface area contributed by atoms with Crippen LogP contribution in [0.1, 0.15) is 15.9 Å². The second kappa shape index (κ2) is 6.57. The molecule has 3 rings (SSSR count). The second-order valence-electron chi connectivity index (χ2n) is 4.98. The van der Waals surface area contributed by atoms with Crippen molar-refractivity contribution in [2.24, 2.45) is 0 Å². The van der Waals surface area contributed by atoms with Crippen molar-refractivity contribution < 1.29 is 19.0 Å². The number of aromatic nitrogens is 3. The minimum atomic E-state index is -0.597. The van der Waals surface area contributed by atoms with Gasteiger partial charge in [0.05, 0.1) is 26.1 Å². The fourth-order valence-electron chi connectivity index (χ4n) is 2.38. The van der Waals surface area contributed by atoms with E-state index in [4.69, 9.17) is 14.2 Å². The number of ether oxygens (including phenoxy) is 3. The summed E-state index contributed by atoms with van der Waals surface area (Å²) in [5.74, 6) is 0.359. The van der Waals surface area contributed by atoms with Gasteiger partial charge in [-0.2, -0.15) is 0 Å². The number of fused-ring (bicyclic) bond motifs is 1. The lowest BCUT2D eigenvalue weighted by atomic mass is 10.2. The van der Waals surface area contributed by atoms with Crippen LogP contribution in [-0.2, 0) is 4.74 Å². The van der Waals surface area contributed by atoms with Crippen LogP contribution in [0.2, 0.25) is 0 Å². The van der Waals surface area contributed by atoms with Crippen LogP contribution in [-0.4, -0.2) is 48.3 Å². The van der Waals surface area contributed by atoms with Gasteiger partial charge in [0.2, 0.25) is 11.8 Å². The molecule has 24 heavy (non-hydrogen) atoms. The number of nitrogens with zero attached hydrogens (tertiary/aromatic N) is 3. The lowest BCUT2D eigenvalue weighted by Crippen LogP contribution is -2.20. The van der Waals surface area contributed by atoms with E-state index in [0.717, 1.165) is 11.3 Å². The molecule has 0 fully saturated rings. The fourth-order valence-corrected chi connectivity index (χ4v) is 2.38. The molecule has 0 aromatic carbocycles. The molecule has 0 spiro atoms. The third-order valence-electron chi connectivity index (χ3n) is 3.59. The number of carbonyl (C=O) groups is 1. The van der Waals surface area contributed by atoms with Crippen LogP contribution in [0.4, 0.5) is 17.2 Å². The van der Waals surface area contributed by atoms with Crippen molar-refractivity contribution in [3.05, 3.63) is 23.7 Å². The molecule has 0 bridgehead atoms. The zero-order chi connectivity index (χ0) is 17.1. The first kappa shape index (κ1) is 15.8. The Morgan fingerprint density at radius 3 is 2.92 bits per heavy atom. The molecular weight excluding hydrogens is 314 g/mol. The summed E-state index contributed by atoms with van der Waals surface area (Å²) < 4.78 is 15.4. The van der Waals surface area contributed by atoms with Gasteiger partial charge in [-0.25, -0.2) is 19.7 Å². The van der Waals surface area contributed by atoms with Crippen LogP contribution in [0.5, 0.6) is 11.8 Å². The summed E-state index contributed by atoms with van der Waals surface area (Å²) in [5, 5.41) is 6.34. The molecule has 1 aliphatic heterocycles. The van der Waals surface area contributed by atoms with Crippen molar-refractivity contribution in [2.45, 2.75) is 6.92 Å². The van der Waals surface area contributed by atoms with Crippen LogP contribution < -0.4 is 20.1 Å². The van der Waals surface area contributed by atoms with Gasteiger partial charge in [-0.1, -0.05) is 0 Å². The highest BCUT2D eigenvalue weighted by molar-refractivity contribution is 5.97. The lowest BCUT2D eigenvalue weighted by molar-refractivity contribution is 0.0597. The highest BCUT2D eigenvalue weighted by Crippen LogP contribution is 2.35. The summed E-state index contributed by atoms with van der Waals surface area (Å²) in [4.78, 5) is 24.4. The Morgan fingerprint density at radius 1 is 1.33 bits per heavy atom. The highest BCUT2D eigenvalue weighted by atomic mass is 16.5. The van der Waals surface area contributed by atoms with Crippen molar-refractivity contribution in [1.29, 1.82) is 0 Å². The van der Waals surface area contributed by atoms with Crippen molar-refractivity contribution >= 4 is 23.2 Å². The molecule has 0 atom stereocenters. The fraction of sp³-hybridized carbons (Fsp3) is 0.333. The number of methoxy groups -OCH3 is 2. The van der Waals surface area contributed by atoms with E-state index in [1.807, 2.05) is 6.92 Å². The number of hydrogen-bond donors (Lipinski definition) is 2. The van der Waals surface area contributed by atoms with Gasteiger partial charge in [0.1, 0.15) is 18.6 Å². The molecule has 2 aromatic rings. The first-order valence-electron chi connectivity index (χ1n) is 7.26. The molecule has 0 aliphatic carbocycles. The molecule has 9 heteroatoms. The minimum Gasteiger partial charge on any atom is -0.480 e. The maximum absolute atomic E-state index is 12.1. The summed E-state index contributed by atoms with van der Waals surface area (Å²) in [6.07, 6.45) is 2.92. The smallest absolute Gasteiger partial charge is 0.347 e. The van der Waals surface area contributed by atoms with E-state index in [1.165, 1.54) is 20.5 Å². The maximum atomic E-state index is 12.1. The van der Waals surface area contributed by atoms with Crippen molar-refractivity contribution in [1.82, 2.24) is 15.0 Å². The lowest BCUT2D eigenvalue weighted by Gasteiger charge is -2.22. The van der Waals surface area contributed by atoms with E-state index < -0.39 is 5.97 Å². The Hall–Kier alpha value is -3.10. The molecule has 1 aliphatic rings. The average molecular weight is 331 g/mol. The standard InChI is InChI=1S/C15H17N5O4/c1-8-9(6-17-14-11(8)16-4-5-24-14)20-12-10(15(21)23-3)13(22-2)19-7-18-12/h6-7,16H,4-5H2,1-3H3,(H,18,19,20). The van der Waals surface area contributed by atoms with Gasteiger partial charge < -0.3 is 24.8 Å². The second-order valence-corrected chi connectivity index (χ2v) is 4.98. The Bertz CT molecular complexity index is 781. The summed E-state index contributed by atoms with van der Waals surface area (Å²) in [7, 11) is 2.71. The number of nitrogens with one attached hydrogen (secondary N) is 2. The summed E-state index contributed by atoms with van der Waals surface area (Å²) in [5.41, 5.74) is 2.50. The van der Waals surface area contributed by atoms with Gasteiger partial charge in [-0.15, -0.1) is 0 Å². The molecule has 2 aromatic heterocycles. The van der Waals surface area contributed by atoms with Gasteiger partial charge in [-0.05, 0) is 6.92 Å². The Labute approximate surface area is 138 Å². The van der Waals surface area contributed by atoms with Gasteiger partial charge in [-0.3, -0.25) is 0 Å². The number of pyridine rings is 1. The number of esters is 1. The number of anilines is 3. The summed E-state index contributed by atoms with van der Waals surface area (Å²) in [6.45, 7) is 3.19. The van der Waals surface area contributed by atoms with E-state index >= 15 is 0 Å². The molecular formula is C15H17N5O4. The summed E-state index contributed by atoms with van der Waals surface area (Å²) in [6, 6.07) is 0. The average Bonchev–Trinajstić information content (AvgIpc) is 2.63. The molecule has 9 nitrogen and oxygen atoms in total. The topological polar surface area (TPSA) is 107 Å². The van der Waals surface area contributed by atoms with Crippen LogP contribution >= 0.6 is 0 Å². The van der Waals surface area contributed by atoms with Gasteiger partial charge in [0, 0.05) is 12.1 Å². The number of carbonyl (C=O) groups excluding carboxylic acids is 1. The van der Waals surface area contributed by atoms with Crippen LogP contribution in [0.3, 0.4) is 0 Å². The SMILES string of the molecule is COC(=O)c1c(Nc2cnc3c(c2C)NCCO3)ncnc1OC. The Balaban J connectivity index is 2.02. The normalized spacial score (nSPS) is 12.5. The van der Waals surface area contributed by atoms with E-state index in [-0.39, 0.29) is 17.3 Å². The molecule has 0 amide bonds. The zero-order valence-electron chi connectivity index (χ0n) is 13.5. The van der Waals surface area contributed by atoms with Gasteiger partial charge >= 0.3 is 5.97 Å². The number of hydrogen-bond acceptors (Lipinski definition) is 9. The third-order valence-corrected chi connectivity index (χ3v) is 3.59. The van der Waals surface area contributed by atoms with Gasteiger partial charge in [0.15, 0.2) is 11.4 Å². The van der Waals surface area contributed by atoms with Crippen molar-refractivity contribution in [3.63, 3.8) is 0 Å². The first-order chi connectivity index (χ1) is 11.7. The van der Waals surface area contributed by atoms with Crippen LogP contribution in [0.25, 0.3) is 0 Å². The first-order valence-corrected chi connectivity index (χ1v) is 7.26. The Morgan fingerprint density at radius 2 is 2.17 bits per heavy atom. The van der Waals surface area contributed by atoms with Crippen molar-refractivity contribution in [2.75, 3.05) is 38.0 Å². The van der Waals surface area contributed by atoms with Crippen LogP contribution in [0, 0.1) is 6.92 Å². The molecule has 2 N–H and O–H groups in total. The third kappa shape index (κ3) is 2.75. The minimum absolute atomic E-state index is 0.115. The molecule has 3 heterocycles. The molecule has 126 valence electrons. The van der Waals surface area contributed by atoms with Crippen molar-refractivity contribution in [3.8, 4) is 11.8 Å². The van der Waals surface area contributed by atoms with Crippen LogP contribution in [0.15, 0.2) is 12.5 Å².